The van der Waals surface area contributed by atoms with Gasteiger partial charge in [0.15, 0.2) is 6.23 Å². The molecule has 4 aromatic rings. The first-order chi connectivity index (χ1) is 26.8. The number of anilines is 2. The Balaban J connectivity index is 0.787. The molecule has 10 heteroatoms. The van der Waals surface area contributed by atoms with Crippen LogP contribution in [0.1, 0.15) is 88.3 Å². The third-order valence-electron chi connectivity index (χ3n) is 12.9. The Morgan fingerprint density at radius 3 is 2.15 bits per heavy atom. The molecule has 0 spiro atoms. The second-order valence-electron chi connectivity index (χ2n) is 16.1. The number of carbonyl (C=O) groups is 3. The van der Waals surface area contributed by atoms with Crippen molar-refractivity contribution in [1.82, 2.24) is 15.1 Å². The number of amides is 3. The zero-order valence-electron chi connectivity index (χ0n) is 31.1. The molecule has 4 atom stereocenters. The molecule has 4 aromatic carbocycles. The van der Waals surface area contributed by atoms with Crippen molar-refractivity contribution in [2.24, 2.45) is 5.92 Å². The van der Waals surface area contributed by atoms with Crippen molar-refractivity contribution >= 4 is 29.1 Å². The number of piperazine rings is 1. The Kier molecular flexibility index (Phi) is 9.56. The van der Waals surface area contributed by atoms with Crippen molar-refractivity contribution in [3.05, 3.63) is 124 Å². The summed E-state index contributed by atoms with van der Waals surface area (Å²) in [6, 6.07) is 30.8. The summed E-state index contributed by atoms with van der Waals surface area (Å²) in [5, 5.41) is 23.7. The Morgan fingerprint density at radius 1 is 0.673 bits per heavy atom. The molecule has 1 aliphatic carbocycles. The second kappa shape index (κ2) is 14.8. The van der Waals surface area contributed by atoms with Gasteiger partial charge >= 0.3 is 0 Å². The predicted octanol–water partition coefficient (Wildman–Crippen LogP) is 5.54. The summed E-state index contributed by atoms with van der Waals surface area (Å²) in [7, 11) is 0. The van der Waals surface area contributed by atoms with E-state index >= 15 is 0 Å². The summed E-state index contributed by atoms with van der Waals surface area (Å²) in [5.41, 5.74) is 8.48. The first-order valence-electron chi connectivity index (χ1n) is 20.0. The molecule has 10 nitrogen and oxygen atoms in total. The fraction of sp³-hybridized carbons (Fsp3) is 0.400. The number of aliphatic hydroxyl groups is 1. The molecular formula is C45H49N5O5. The highest BCUT2D eigenvalue weighted by Crippen LogP contribution is 2.47. The molecule has 3 saturated heterocycles. The quantitative estimate of drug-likeness (QED) is 0.212. The Bertz CT molecular complexity index is 2070. The van der Waals surface area contributed by atoms with Crippen molar-refractivity contribution in [3.63, 3.8) is 0 Å². The Labute approximate surface area is 322 Å². The maximum absolute atomic E-state index is 13.2. The van der Waals surface area contributed by atoms with Gasteiger partial charge in [0, 0.05) is 80.7 Å². The highest BCUT2D eigenvalue weighted by atomic mass is 16.3. The number of fused-ring (bicyclic) bond motifs is 2. The number of aryl methyl sites for hydroxylation is 1. The van der Waals surface area contributed by atoms with Gasteiger partial charge in [0.2, 0.25) is 11.8 Å². The lowest BCUT2D eigenvalue weighted by molar-refractivity contribution is -0.139. The zero-order chi connectivity index (χ0) is 37.6. The number of aliphatic hydroxyl groups excluding tert-OH is 1. The maximum atomic E-state index is 13.2. The van der Waals surface area contributed by atoms with Crippen LogP contribution in [0.2, 0.25) is 0 Å². The van der Waals surface area contributed by atoms with Crippen molar-refractivity contribution in [2.45, 2.75) is 62.6 Å². The second-order valence-corrected chi connectivity index (χ2v) is 16.1. The SMILES string of the molecule is O=C1CCC(N2C(=O)c3ccc(N4CCN(CC5CCN(c6ccc([C@@H]7c8ccc(O)cc8CC[C@@H]7c7ccccc7)cc6)CC5)CC4)cc3C2O)C(=O)N1. The van der Waals surface area contributed by atoms with Gasteiger partial charge in [-0.05, 0) is 109 Å². The Hall–Kier alpha value is -5.19. The van der Waals surface area contributed by atoms with Crippen molar-refractivity contribution in [2.75, 3.05) is 55.6 Å². The number of phenols is 1. The molecule has 0 aromatic heterocycles. The van der Waals surface area contributed by atoms with Gasteiger partial charge in [0.05, 0.1) is 0 Å². The molecule has 0 bridgehead atoms. The minimum Gasteiger partial charge on any atom is -0.508 e. The van der Waals surface area contributed by atoms with Crippen LogP contribution in [-0.4, -0.2) is 89.6 Å². The zero-order valence-corrected chi connectivity index (χ0v) is 31.1. The molecule has 4 heterocycles. The van der Waals surface area contributed by atoms with E-state index in [1.54, 1.807) is 6.07 Å². The van der Waals surface area contributed by atoms with Crippen LogP contribution in [-0.2, 0) is 16.0 Å². The topological polar surface area (TPSA) is 117 Å². The summed E-state index contributed by atoms with van der Waals surface area (Å²) in [5.74, 6) is 0.388. The van der Waals surface area contributed by atoms with Crippen molar-refractivity contribution in [1.29, 1.82) is 0 Å². The van der Waals surface area contributed by atoms with Crippen LogP contribution in [0.25, 0.3) is 0 Å². The van der Waals surface area contributed by atoms with E-state index < -0.39 is 18.2 Å². The average Bonchev–Trinajstić information content (AvgIpc) is 3.46. The molecule has 5 aliphatic rings. The number of nitrogens with one attached hydrogen (secondary N) is 1. The fourth-order valence-electron chi connectivity index (χ4n) is 9.91. The number of piperidine rings is 2. The number of phenolic OH excluding ortho intramolecular Hbond substituents is 1. The van der Waals surface area contributed by atoms with E-state index in [2.05, 4.69) is 80.7 Å². The van der Waals surface area contributed by atoms with Gasteiger partial charge < -0.3 is 20.0 Å². The normalized spacial score (nSPS) is 24.8. The van der Waals surface area contributed by atoms with Crippen LogP contribution in [0.4, 0.5) is 11.4 Å². The van der Waals surface area contributed by atoms with E-state index in [1.807, 2.05) is 24.3 Å². The molecule has 2 unspecified atom stereocenters. The van der Waals surface area contributed by atoms with E-state index in [4.69, 9.17) is 0 Å². The average molecular weight is 740 g/mol. The smallest absolute Gasteiger partial charge is 0.257 e. The lowest BCUT2D eigenvalue weighted by atomic mass is 9.69. The van der Waals surface area contributed by atoms with Crippen molar-refractivity contribution in [3.8, 4) is 5.75 Å². The minimum atomic E-state index is -1.21. The molecule has 3 N–H and O–H groups in total. The van der Waals surface area contributed by atoms with Gasteiger partial charge in [-0.3, -0.25) is 29.5 Å². The fourth-order valence-corrected chi connectivity index (χ4v) is 9.91. The molecular weight excluding hydrogens is 691 g/mol. The number of benzene rings is 4. The van der Waals surface area contributed by atoms with Gasteiger partial charge in [-0.2, -0.15) is 0 Å². The molecule has 3 amide bonds. The number of hydrogen-bond donors (Lipinski definition) is 3. The lowest BCUT2D eigenvalue weighted by Gasteiger charge is -2.40. The first kappa shape index (κ1) is 35.5. The van der Waals surface area contributed by atoms with Crippen LogP contribution in [0.15, 0.2) is 91.0 Å². The summed E-state index contributed by atoms with van der Waals surface area (Å²) in [4.78, 5) is 46.0. The van der Waals surface area contributed by atoms with E-state index in [9.17, 15) is 24.6 Å². The molecule has 0 radical (unpaired) electrons. The van der Waals surface area contributed by atoms with Crippen LogP contribution in [0, 0.1) is 5.92 Å². The molecule has 4 aliphatic heterocycles. The number of imide groups is 1. The van der Waals surface area contributed by atoms with Crippen LogP contribution in [0.3, 0.4) is 0 Å². The number of carbonyl (C=O) groups excluding carboxylic acids is 3. The highest BCUT2D eigenvalue weighted by Gasteiger charge is 2.44. The molecule has 3 fully saturated rings. The van der Waals surface area contributed by atoms with Crippen LogP contribution in [0.5, 0.6) is 5.75 Å². The third-order valence-corrected chi connectivity index (χ3v) is 12.9. The standard InChI is InChI=1S/C45H49N5O5/c51-35-12-15-37-32(26-35)8-13-36(30-4-2-1-3-5-30)42(37)31-6-9-33(10-7-31)48-20-18-29(19-21-48)28-47-22-24-49(25-23-47)34-11-14-38-39(27-34)45(55)50(44(38)54)40-16-17-41(52)46-43(40)53/h1-7,9-12,14-15,26-27,29,36,40,42,45,51,55H,8,13,16-25,28H2,(H,46,52,53)/t36-,40?,42+,45?/m1/s1. The van der Waals surface area contributed by atoms with E-state index in [0.29, 0.717) is 28.7 Å². The monoisotopic (exact) mass is 739 g/mol. The molecule has 0 saturated carbocycles. The van der Waals surface area contributed by atoms with Gasteiger partial charge in [0.1, 0.15) is 11.8 Å². The number of aromatic hydroxyl groups is 1. The molecule has 284 valence electrons. The van der Waals surface area contributed by atoms with Crippen LogP contribution >= 0.6 is 0 Å². The van der Waals surface area contributed by atoms with E-state index in [-0.39, 0.29) is 30.6 Å². The summed E-state index contributed by atoms with van der Waals surface area (Å²) in [6.07, 6.45) is 3.50. The summed E-state index contributed by atoms with van der Waals surface area (Å²) < 4.78 is 0. The summed E-state index contributed by atoms with van der Waals surface area (Å²) >= 11 is 0. The summed E-state index contributed by atoms with van der Waals surface area (Å²) in [6.45, 7) is 6.83. The van der Waals surface area contributed by atoms with E-state index in [0.717, 1.165) is 77.2 Å². The van der Waals surface area contributed by atoms with E-state index in [1.165, 1.54) is 32.8 Å². The third kappa shape index (κ3) is 6.87. The molecule has 55 heavy (non-hydrogen) atoms. The predicted molar refractivity (Wildman–Crippen MR) is 211 cm³/mol. The number of hydrogen-bond acceptors (Lipinski definition) is 8. The van der Waals surface area contributed by atoms with Crippen molar-refractivity contribution < 1.29 is 24.6 Å². The largest absolute Gasteiger partial charge is 0.508 e. The van der Waals surface area contributed by atoms with Gasteiger partial charge in [-0.25, -0.2) is 0 Å². The highest BCUT2D eigenvalue weighted by molar-refractivity contribution is 6.05. The maximum Gasteiger partial charge on any atom is 0.257 e. The first-order valence-corrected chi connectivity index (χ1v) is 20.0. The Morgan fingerprint density at radius 2 is 1.40 bits per heavy atom. The molecule has 9 rings (SSSR count). The van der Waals surface area contributed by atoms with Gasteiger partial charge in [-0.1, -0.05) is 48.5 Å². The van der Waals surface area contributed by atoms with Gasteiger partial charge in [0.25, 0.3) is 5.91 Å². The lowest BCUT2D eigenvalue weighted by Crippen LogP contribution is -2.53. The van der Waals surface area contributed by atoms with Crippen LogP contribution < -0.4 is 15.1 Å². The number of rotatable bonds is 7. The number of nitrogens with zero attached hydrogens (tertiary/aromatic N) is 4. The van der Waals surface area contributed by atoms with Gasteiger partial charge in [-0.15, -0.1) is 0 Å². The minimum absolute atomic E-state index is 0.146.